The number of nitrogens with zero attached hydrogens (tertiary/aromatic N) is 2. The van der Waals surface area contributed by atoms with Crippen LogP contribution in [0.2, 0.25) is 0 Å². The summed E-state index contributed by atoms with van der Waals surface area (Å²) in [5.41, 5.74) is 10.3. The minimum absolute atomic E-state index is 0.118. The number of methoxy groups -OCH3 is 1. The first-order chi connectivity index (χ1) is 10.6. The number of nitrogens with one attached hydrogen (secondary N) is 1. The predicted molar refractivity (Wildman–Crippen MR) is 90.7 cm³/mol. The van der Waals surface area contributed by atoms with E-state index in [9.17, 15) is 0 Å². The van der Waals surface area contributed by atoms with Gasteiger partial charge in [-0.2, -0.15) is 5.10 Å². The Hall–Kier alpha value is -2.12. The summed E-state index contributed by atoms with van der Waals surface area (Å²) in [6.07, 6.45) is 1.84. The zero-order valence-electron chi connectivity index (χ0n) is 12.9. The molecule has 2 rings (SSSR count). The molecule has 0 aliphatic carbocycles. The van der Waals surface area contributed by atoms with Crippen LogP contribution in [-0.4, -0.2) is 24.4 Å². The van der Waals surface area contributed by atoms with Crippen molar-refractivity contribution in [3.05, 3.63) is 34.7 Å². The lowest BCUT2D eigenvalue weighted by Crippen LogP contribution is -2.08. The van der Waals surface area contributed by atoms with Crippen LogP contribution in [0.25, 0.3) is 0 Å². The van der Waals surface area contributed by atoms with Gasteiger partial charge in [0, 0.05) is 18.1 Å². The van der Waals surface area contributed by atoms with Crippen LogP contribution >= 0.6 is 11.3 Å². The zero-order valence-corrected chi connectivity index (χ0v) is 13.7. The number of hydrazone groups is 1. The summed E-state index contributed by atoms with van der Waals surface area (Å²) < 4.78 is 11.0. The van der Waals surface area contributed by atoms with Crippen LogP contribution in [-0.2, 0) is 11.3 Å². The van der Waals surface area contributed by atoms with Crippen LogP contribution in [0.3, 0.4) is 0 Å². The maximum atomic E-state index is 5.77. The van der Waals surface area contributed by atoms with Gasteiger partial charge < -0.3 is 15.2 Å². The number of nitrogen functional groups attached to an aromatic ring is 1. The highest BCUT2D eigenvalue weighted by Crippen LogP contribution is 2.22. The van der Waals surface area contributed by atoms with E-state index in [0.717, 1.165) is 16.9 Å². The lowest BCUT2D eigenvalue weighted by molar-refractivity contribution is 0.174. The molecule has 7 heteroatoms. The largest absolute Gasteiger partial charge is 0.491 e. The lowest BCUT2D eigenvalue weighted by Gasteiger charge is -2.14. The molecule has 2 aromatic rings. The molecule has 0 saturated heterocycles. The highest BCUT2D eigenvalue weighted by Gasteiger charge is 2.06. The molecule has 0 bridgehead atoms. The van der Waals surface area contributed by atoms with Gasteiger partial charge in [0.1, 0.15) is 11.6 Å². The van der Waals surface area contributed by atoms with E-state index in [2.05, 4.69) is 15.5 Å². The predicted octanol–water partition coefficient (Wildman–Crippen LogP) is 3.10. The summed E-state index contributed by atoms with van der Waals surface area (Å²) in [6, 6.07) is 5.86. The van der Waals surface area contributed by atoms with Crippen molar-refractivity contribution in [2.75, 3.05) is 18.3 Å². The first kappa shape index (κ1) is 16.3. The fraction of sp³-hybridized carbons (Fsp3) is 0.333. The second kappa shape index (κ2) is 7.77. The van der Waals surface area contributed by atoms with Crippen LogP contribution < -0.4 is 15.9 Å². The smallest absolute Gasteiger partial charge is 0.205 e. The monoisotopic (exact) mass is 320 g/mol. The number of hydrogen-bond donors (Lipinski definition) is 2. The Kier molecular flexibility index (Phi) is 5.74. The van der Waals surface area contributed by atoms with E-state index >= 15 is 0 Å². The van der Waals surface area contributed by atoms with Gasteiger partial charge in [0.2, 0.25) is 5.13 Å². The van der Waals surface area contributed by atoms with Gasteiger partial charge in [-0.15, -0.1) is 11.3 Å². The molecule has 0 atom stereocenters. The summed E-state index contributed by atoms with van der Waals surface area (Å²) in [6.45, 7) is 4.48. The maximum absolute atomic E-state index is 5.77. The van der Waals surface area contributed by atoms with E-state index in [1.165, 1.54) is 11.3 Å². The third-order valence-corrected chi connectivity index (χ3v) is 3.41. The molecule has 1 aromatic heterocycles. The fourth-order valence-electron chi connectivity index (χ4n) is 1.82. The lowest BCUT2D eigenvalue weighted by atomic mass is 10.1. The van der Waals surface area contributed by atoms with Crippen molar-refractivity contribution >= 4 is 28.5 Å². The second-order valence-electron chi connectivity index (χ2n) is 4.91. The van der Waals surface area contributed by atoms with E-state index in [-0.39, 0.29) is 6.10 Å². The van der Waals surface area contributed by atoms with Crippen molar-refractivity contribution in [1.82, 2.24) is 4.98 Å². The van der Waals surface area contributed by atoms with Gasteiger partial charge in [0.05, 0.1) is 18.9 Å². The number of aromatic nitrogens is 1. The van der Waals surface area contributed by atoms with Gasteiger partial charge in [-0.3, -0.25) is 5.43 Å². The molecular formula is C15H20N4O2S. The molecule has 1 heterocycles. The zero-order chi connectivity index (χ0) is 15.9. The summed E-state index contributed by atoms with van der Waals surface area (Å²) >= 11 is 1.40. The number of anilines is 2. The van der Waals surface area contributed by atoms with E-state index in [1.807, 2.05) is 32.0 Å². The molecule has 0 radical (unpaired) electrons. The Balaban J connectivity index is 2.08. The summed E-state index contributed by atoms with van der Waals surface area (Å²) in [4.78, 5) is 4.07. The number of nitrogens with two attached hydrogens (primary N) is 1. The van der Waals surface area contributed by atoms with Crippen LogP contribution in [0.5, 0.6) is 5.75 Å². The molecule has 0 fully saturated rings. The number of hydrogen-bond acceptors (Lipinski definition) is 7. The molecule has 0 saturated carbocycles. The number of benzene rings is 1. The van der Waals surface area contributed by atoms with E-state index < -0.39 is 0 Å². The molecule has 3 N–H and O–H groups in total. The van der Waals surface area contributed by atoms with E-state index in [0.29, 0.717) is 17.6 Å². The van der Waals surface area contributed by atoms with E-state index in [1.54, 1.807) is 18.7 Å². The maximum Gasteiger partial charge on any atom is 0.205 e. The molecule has 6 nitrogen and oxygen atoms in total. The SMILES string of the molecule is COCc1cc(C=NNc2nc(N)cs2)ccc1OC(C)C. The van der Waals surface area contributed by atoms with Gasteiger partial charge in [0.15, 0.2) is 0 Å². The molecule has 0 aliphatic rings. The molecule has 1 aromatic carbocycles. The van der Waals surface area contributed by atoms with Crippen molar-refractivity contribution in [1.29, 1.82) is 0 Å². The molecule has 22 heavy (non-hydrogen) atoms. The van der Waals surface area contributed by atoms with Gasteiger partial charge in [-0.25, -0.2) is 4.98 Å². The minimum atomic E-state index is 0.118. The molecule has 0 unspecified atom stereocenters. The first-order valence-corrected chi connectivity index (χ1v) is 7.75. The molecule has 0 spiro atoms. The molecule has 0 aliphatic heterocycles. The van der Waals surface area contributed by atoms with Crippen molar-refractivity contribution < 1.29 is 9.47 Å². The van der Waals surface area contributed by atoms with Crippen molar-refractivity contribution in [3.63, 3.8) is 0 Å². The Labute approximate surface area is 134 Å². The third-order valence-electron chi connectivity index (χ3n) is 2.64. The normalized spacial score (nSPS) is 11.3. The van der Waals surface area contributed by atoms with Crippen LogP contribution in [0.1, 0.15) is 25.0 Å². The quantitative estimate of drug-likeness (QED) is 0.605. The Morgan fingerprint density at radius 3 is 2.91 bits per heavy atom. The van der Waals surface area contributed by atoms with Crippen LogP contribution in [0.15, 0.2) is 28.7 Å². The average molecular weight is 320 g/mol. The third kappa shape index (κ3) is 4.71. The van der Waals surface area contributed by atoms with Crippen molar-refractivity contribution in [2.24, 2.45) is 5.10 Å². The number of ether oxygens (including phenoxy) is 2. The number of thiazole rings is 1. The van der Waals surface area contributed by atoms with Gasteiger partial charge >= 0.3 is 0 Å². The Morgan fingerprint density at radius 2 is 2.27 bits per heavy atom. The fourth-order valence-corrected chi connectivity index (χ4v) is 2.37. The molecular weight excluding hydrogens is 300 g/mol. The molecule has 118 valence electrons. The molecule has 0 amide bonds. The summed E-state index contributed by atoms with van der Waals surface area (Å²) in [5, 5.41) is 6.57. The van der Waals surface area contributed by atoms with Crippen molar-refractivity contribution in [2.45, 2.75) is 26.6 Å². The Bertz CT molecular complexity index is 640. The standard InChI is InChI=1S/C15H20N4O2S/c1-10(2)21-13-5-4-11(6-12(13)8-20-3)7-17-19-15-18-14(16)9-22-15/h4-7,9-10H,8,16H2,1-3H3,(H,18,19). The Morgan fingerprint density at radius 1 is 1.45 bits per heavy atom. The van der Waals surface area contributed by atoms with Gasteiger partial charge in [-0.1, -0.05) is 0 Å². The van der Waals surface area contributed by atoms with E-state index in [4.69, 9.17) is 15.2 Å². The first-order valence-electron chi connectivity index (χ1n) is 6.87. The highest BCUT2D eigenvalue weighted by atomic mass is 32.1. The van der Waals surface area contributed by atoms with Crippen LogP contribution in [0, 0.1) is 0 Å². The summed E-state index contributed by atoms with van der Waals surface area (Å²) in [7, 11) is 1.66. The average Bonchev–Trinajstić information content (AvgIpc) is 2.87. The second-order valence-corrected chi connectivity index (χ2v) is 5.77. The van der Waals surface area contributed by atoms with Crippen LogP contribution in [0.4, 0.5) is 10.9 Å². The highest BCUT2D eigenvalue weighted by molar-refractivity contribution is 7.14. The topological polar surface area (TPSA) is 81.8 Å². The minimum Gasteiger partial charge on any atom is -0.491 e. The summed E-state index contributed by atoms with van der Waals surface area (Å²) in [5.74, 6) is 1.31. The number of rotatable bonds is 7. The van der Waals surface area contributed by atoms with Gasteiger partial charge in [-0.05, 0) is 37.6 Å². The van der Waals surface area contributed by atoms with Gasteiger partial charge in [0.25, 0.3) is 0 Å². The van der Waals surface area contributed by atoms with Crippen molar-refractivity contribution in [3.8, 4) is 5.75 Å².